The van der Waals surface area contributed by atoms with Gasteiger partial charge in [0.05, 0.1) is 10.0 Å². The summed E-state index contributed by atoms with van der Waals surface area (Å²) in [6.07, 6.45) is 1.37. The Morgan fingerprint density at radius 1 is 1.30 bits per heavy atom. The average molecular weight is 318 g/mol. The highest BCUT2D eigenvalue weighted by atomic mass is 35.5. The van der Waals surface area contributed by atoms with E-state index in [4.69, 9.17) is 23.2 Å². The molecule has 5 heteroatoms. The van der Waals surface area contributed by atoms with E-state index in [1.54, 1.807) is 12.1 Å². The molecule has 3 nitrogen and oxygen atoms in total. The molecule has 0 fully saturated rings. The Kier molecular flexibility index (Phi) is 6.80. The zero-order valence-corrected chi connectivity index (χ0v) is 13.5. The zero-order chi connectivity index (χ0) is 15.3. The normalized spacial score (nSPS) is 14.3. The first-order valence-corrected chi connectivity index (χ1v) is 7.54. The maximum absolute atomic E-state index is 11.3. The van der Waals surface area contributed by atoms with E-state index in [2.05, 4.69) is 5.32 Å². The lowest BCUT2D eigenvalue weighted by Gasteiger charge is -2.24. The summed E-state index contributed by atoms with van der Waals surface area (Å²) in [6.45, 7) is 6.03. The smallest absolute Gasteiger partial charge is 0.320 e. The molecule has 0 aliphatic rings. The fourth-order valence-corrected chi connectivity index (χ4v) is 2.44. The van der Waals surface area contributed by atoms with Crippen molar-refractivity contribution in [3.8, 4) is 0 Å². The molecule has 1 rings (SSSR count). The van der Waals surface area contributed by atoms with Crippen LogP contribution in [0.4, 0.5) is 0 Å². The molecule has 0 saturated heterocycles. The van der Waals surface area contributed by atoms with Crippen molar-refractivity contribution in [2.24, 2.45) is 5.92 Å². The van der Waals surface area contributed by atoms with E-state index in [1.807, 2.05) is 26.8 Å². The van der Waals surface area contributed by atoms with Gasteiger partial charge in [0.15, 0.2) is 0 Å². The Bertz CT molecular complexity index is 463. The SMILES string of the molecule is CCC(NC(CC(C)C)C(=O)O)c1ccc(Cl)c(Cl)c1. The summed E-state index contributed by atoms with van der Waals surface area (Å²) >= 11 is 11.9. The minimum Gasteiger partial charge on any atom is -0.480 e. The van der Waals surface area contributed by atoms with Crippen molar-refractivity contribution >= 4 is 29.2 Å². The quantitative estimate of drug-likeness (QED) is 0.776. The molecule has 112 valence electrons. The molecular weight excluding hydrogens is 297 g/mol. The Balaban J connectivity index is 2.88. The van der Waals surface area contributed by atoms with E-state index in [0.29, 0.717) is 22.4 Å². The highest BCUT2D eigenvalue weighted by molar-refractivity contribution is 6.42. The van der Waals surface area contributed by atoms with E-state index in [0.717, 1.165) is 12.0 Å². The van der Waals surface area contributed by atoms with Crippen LogP contribution < -0.4 is 5.32 Å². The second-order valence-electron chi connectivity index (χ2n) is 5.32. The van der Waals surface area contributed by atoms with Gasteiger partial charge in [-0.05, 0) is 36.5 Å². The number of benzene rings is 1. The van der Waals surface area contributed by atoms with E-state index in [9.17, 15) is 9.90 Å². The molecule has 1 aromatic carbocycles. The maximum atomic E-state index is 11.3. The third kappa shape index (κ3) is 4.97. The molecule has 0 saturated carbocycles. The highest BCUT2D eigenvalue weighted by Gasteiger charge is 2.22. The number of hydrogen-bond donors (Lipinski definition) is 2. The molecule has 0 spiro atoms. The fraction of sp³-hybridized carbons (Fsp3) is 0.533. The third-order valence-corrected chi connectivity index (χ3v) is 3.90. The number of aliphatic carboxylic acids is 1. The summed E-state index contributed by atoms with van der Waals surface area (Å²) in [4.78, 5) is 11.3. The van der Waals surface area contributed by atoms with Gasteiger partial charge < -0.3 is 5.11 Å². The molecular formula is C15H21Cl2NO2. The summed E-state index contributed by atoms with van der Waals surface area (Å²) in [5.74, 6) is -0.507. The molecule has 0 aliphatic carbocycles. The minimum atomic E-state index is -0.822. The van der Waals surface area contributed by atoms with Crippen LogP contribution in [0.15, 0.2) is 18.2 Å². The summed E-state index contributed by atoms with van der Waals surface area (Å²) in [7, 11) is 0. The topological polar surface area (TPSA) is 49.3 Å². The Morgan fingerprint density at radius 2 is 1.95 bits per heavy atom. The molecule has 1 aromatic rings. The largest absolute Gasteiger partial charge is 0.480 e. The second kappa shape index (κ2) is 7.87. The van der Waals surface area contributed by atoms with E-state index >= 15 is 0 Å². The molecule has 2 atom stereocenters. The lowest BCUT2D eigenvalue weighted by Crippen LogP contribution is -2.40. The molecule has 0 aliphatic heterocycles. The van der Waals surface area contributed by atoms with Crippen LogP contribution in [-0.2, 0) is 4.79 Å². The van der Waals surface area contributed by atoms with Crippen molar-refractivity contribution in [2.45, 2.75) is 45.7 Å². The van der Waals surface area contributed by atoms with Gasteiger partial charge in [-0.1, -0.05) is 50.0 Å². The van der Waals surface area contributed by atoms with Crippen LogP contribution in [0, 0.1) is 5.92 Å². The van der Waals surface area contributed by atoms with Crippen molar-refractivity contribution in [1.82, 2.24) is 5.32 Å². The van der Waals surface area contributed by atoms with Gasteiger partial charge in [0.1, 0.15) is 6.04 Å². The van der Waals surface area contributed by atoms with E-state index < -0.39 is 12.0 Å². The first-order valence-electron chi connectivity index (χ1n) is 6.78. The van der Waals surface area contributed by atoms with Crippen molar-refractivity contribution in [3.05, 3.63) is 33.8 Å². The van der Waals surface area contributed by atoms with Crippen LogP contribution in [-0.4, -0.2) is 17.1 Å². The van der Waals surface area contributed by atoms with Crippen LogP contribution in [0.2, 0.25) is 10.0 Å². The van der Waals surface area contributed by atoms with Gasteiger partial charge >= 0.3 is 5.97 Å². The van der Waals surface area contributed by atoms with Crippen LogP contribution >= 0.6 is 23.2 Å². The molecule has 20 heavy (non-hydrogen) atoms. The fourth-order valence-electron chi connectivity index (χ4n) is 2.13. The second-order valence-corrected chi connectivity index (χ2v) is 6.14. The van der Waals surface area contributed by atoms with E-state index in [1.165, 1.54) is 0 Å². The van der Waals surface area contributed by atoms with Crippen LogP contribution in [0.3, 0.4) is 0 Å². The number of carboxylic acids is 1. The van der Waals surface area contributed by atoms with Crippen LogP contribution in [0.25, 0.3) is 0 Å². The number of hydrogen-bond acceptors (Lipinski definition) is 2. The zero-order valence-electron chi connectivity index (χ0n) is 12.0. The number of nitrogens with one attached hydrogen (secondary N) is 1. The number of carboxylic acid groups (broad SMARTS) is 1. The highest BCUT2D eigenvalue weighted by Crippen LogP contribution is 2.27. The Hall–Kier alpha value is -0.770. The molecule has 2 N–H and O–H groups in total. The Labute approximate surface area is 130 Å². The van der Waals surface area contributed by atoms with Gasteiger partial charge in [0.2, 0.25) is 0 Å². The summed E-state index contributed by atoms with van der Waals surface area (Å²) in [5.41, 5.74) is 0.955. The number of halogens is 2. The average Bonchev–Trinajstić information content (AvgIpc) is 2.37. The molecule has 0 amide bonds. The molecule has 0 radical (unpaired) electrons. The van der Waals surface area contributed by atoms with E-state index in [-0.39, 0.29) is 6.04 Å². The van der Waals surface area contributed by atoms with Gasteiger partial charge in [-0.2, -0.15) is 0 Å². The predicted octanol–water partition coefficient (Wildman–Crippen LogP) is 4.53. The van der Waals surface area contributed by atoms with Crippen molar-refractivity contribution in [3.63, 3.8) is 0 Å². The van der Waals surface area contributed by atoms with Gasteiger partial charge in [0, 0.05) is 6.04 Å². The first-order chi connectivity index (χ1) is 9.35. The molecule has 0 aromatic heterocycles. The maximum Gasteiger partial charge on any atom is 0.320 e. The van der Waals surface area contributed by atoms with Crippen LogP contribution in [0.1, 0.15) is 45.2 Å². The molecule has 0 bridgehead atoms. The van der Waals surface area contributed by atoms with Crippen LogP contribution in [0.5, 0.6) is 0 Å². The minimum absolute atomic E-state index is 0.0513. The summed E-state index contributed by atoms with van der Waals surface area (Å²) in [6, 6.07) is 4.80. The summed E-state index contributed by atoms with van der Waals surface area (Å²) < 4.78 is 0. The van der Waals surface area contributed by atoms with Gasteiger partial charge in [0.25, 0.3) is 0 Å². The van der Waals surface area contributed by atoms with Gasteiger partial charge in [-0.25, -0.2) is 0 Å². The molecule has 2 unspecified atom stereocenters. The van der Waals surface area contributed by atoms with Crippen molar-refractivity contribution < 1.29 is 9.90 Å². The van der Waals surface area contributed by atoms with Crippen molar-refractivity contribution in [2.75, 3.05) is 0 Å². The van der Waals surface area contributed by atoms with Gasteiger partial charge in [-0.15, -0.1) is 0 Å². The Morgan fingerprint density at radius 3 is 2.40 bits per heavy atom. The number of rotatable bonds is 7. The first kappa shape index (κ1) is 17.3. The third-order valence-electron chi connectivity index (χ3n) is 3.16. The lowest BCUT2D eigenvalue weighted by molar-refractivity contribution is -0.140. The van der Waals surface area contributed by atoms with Crippen molar-refractivity contribution in [1.29, 1.82) is 0 Å². The predicted molar refractivity (Wildman–Crippen MR) is 83.5 cm³/mol. The standard InChI is InChI=1S/C15H21Cl2NO2/c1-4-13(10-5-6-11(16)12(17)8-10)18-14(15(19)20)7-9(2)3/h5-6,8-9,13-14,18H,4,7H2,1-3H3,(H,19,20). The number of carbonyl (C=O) groups is 1. The summed E-state index contributed by atoms with van der Waals surface area (Å²) in [5, 5.41) is 13.5. The van der Waals surface area contributed by atoms with Gasteiger partial charge in [-0.3, -0.25) is 10.1 Å². The monoisotopic (exact) mass is 317 g/mol. The lowest BCUT2D eigenvalue weighted by atomic mass is 9.99. The molecule has 0 heterocycles.